The Morgan fingerprint density at radius 1 is 1.42 bits per heavy atom. The van der Waals surface area contributed by atoms with Crippen molar-refractivity contribution in [2.75, 3.05) is 19.8 Å². The summed E-state index contributed by atoms with van der Waals surface area (Å²) in [5, 5.41) is 2.82. The first-order chi connectivity index (χ1) is 8.91. The average molecular weight is 271 g/mol. The summed E-state index contributed by atoms with van der Waals surface area (Å²) in [7, 11) is 0. The van der Waals surface area contributed by atoms with Crippen LogP contribution in [-0.4, -0.2) is 54.6 Å². The standard InChI is InChI=1S/C13H25N3O3/c1-9(2)15-13(18)11-8-19-7-6-16(11)12(17)5-4-10(3)14/h9-11H,4-8,14H2,1-3H3,(H,15,18). The molecule has 6 heteroatoms. The van der Waals surface area contributed by atoms with E-state index in [0.717, 1.165) is 0 Å². The fourth-order valence-corrected chi connectivity index (χ4v) is 1.99. The van der Waals surface area contributed by atoms with E-state index in [1.165, 1.54) is 0 Å². The highest BCUT2D eigenvalue weighted by molar-refractivity contribution is 5.88. The third-order valence-corrected chi connectivity index (χ3v) is 3.00. The highest BCUT2D eigenvalue weighted by Gasteiger charge is 2.32. The van der Waals surface area contributed by atoms with E-state index < -0.39 is 6.04 Å². The van der Waals surface area contributed by atoms with Crippen molar-refractivity contribution < 1.29 is 14.3 Å². The van der Waals surface area contributed by atoms with Crippen molar-refractivity contribution >= 4 is 11.8 Å². The number of nitrogens with zero attached hydrogens (tertiary/aromatic N) is 1. The number of carbonyl (C=O) groups excluding carboxylic acids is 2. The van der Waals surface area contributed by atoms with Gasteiger partial charge in [0.1, 0.15) is 6.04 Å². The molecule has 1 heterocycles. The third-order valence-electron chi connectivity index (χ3n) is 3.00. The van der Waals surface area contributed by atoms with E-state index in [4.69, 9.17) is 10.5 Å². The molecule has 0 aromatic heterocycles. The average Bonchev–Trinajstić information content (AvgIpc) is 2.35. The molecule has 2 unspecified atom stereocenters. The lowest BCUT2D eigenvalue weighted by atomic mass is 10.1. The number of ether oxygens (including phenoxy) is 1. The first-order valence-corrected chi connectivity index (χ1v) is 6.85. The summed E-state index contributed by atoms with van der Waals surface area (Å²) in [6.07, 6.45) is 1.01. The highest BCUT2D eigenvalue weighted by atomic mass is 16.5. The van der Waals surface area contributed by atoms with Crippen LogP contribution in [-0.2, 0) is 14.3 Å². The Labute approximate surface area is 114 Å². The van der Waals surface area contributed by atoms with Crippen LogP contribution in [0.3, 0.4) is 0 Å². The Balaban J connectivity index is 2.61. The van der Waals surface area contributed by atoms with E-state index in [1.807, 2.05) is 20.8 Å². The molecule has 3 N–H and O–H groups in total. The minimum atomic E-state index is -0.517. The Hall–Kier alpha value is -1.14. The zero-order valence-electron chi connectivity index (χ0n) is 12.0. The Morgan fingerprint density at radius 3 is 2.68 bits per heavy atom. The van der Waals surface area contributed by atoms with E-state index >= 15 is 0 Å². The SMILES string of the molecule is CC(N)CCC(=O)N1CCOCC1C(=O)NC(C)C. The van der Waals surface area contributed by atoms with Gasteiger partial charge in [-0.3, -0.25) is 9.59 Å². The van der Waals surface area contributed by atoms with Gasteiger partial charge in [0.2, 0.25) is 11.8 Å². The van der Waals surface area contributed by atoms with Crippen LogP contribution in [0.1, 0.15) is 33.6 Å². The Morgan fingerprint density at radius 2 is 2.11 bits per heavy atom. The number of hydrogen-bond donors (Lipinski definition) is 2. The summed E-state index contributed by atoms with van der Waals surface area (Å²) in [6.45, 7) is 6.87. The quantitative estimate of drug-likeness (QED) is 0.729. The minimum Gasteiger partial charge on any atom is -0.377 e. The molecule has 0 radical (unpaired) electrons. The van der Waals surface area contributed by atoms with Crippen molar-refractivity contribution in [2.24, 2.45) is 5.73 Å². The molecule has 19 heavy (non-hydrogen) atoms. The summed E-state index contributed by atoms with van der Waals surface area (Å²) in [5.74, 6) is -0.173. The van der Waals surface area contributed by atoms with E-state index in [-0.39, 0.29) is 30.5 Å². The lowest BCUT2D eigenvalue weighted by Crippen LogP contribution is -2.56. The molecule has 0 spiro atoms. The van der Waals surface area contributed by atoms with Gasteiger partial charge in [-0.15, -0.1) is 0 Å². The molecule has 2 atom stereocenters. The third kappa shape index (κ3) is 5.16. The lowest BCUT2D eigenvalue weighted by molar-refractivity contribution is -0.148. The number of nitrogens with two attached hydrogens (primary N) is 1. The summed E-state index contributed by atoms with van der Waals surface area (Å²) in [6, 6.07) is -0.472. The molecular formula is C13H25N3O3. The molecule has 0 bridgehead atoms. The van der Waals surface area contributed by atoms with E-state index in [2.05, 4.69) is 5.32 Å². The van der Waals surface area contributed by atoms with Gasteiger partial charge in [0, 0.05) is 25.0 Å². The molecule has 1 saturated heterocycles. The van der Waals surface area contributed by atoms with Crippen molar-refractivity contribution in [1.82, 2.24) is 10.2 Å². The van der Waals surface area contributed by atoms with Crippen LogP contribution in [0.2, 0.25) is 0 Å². The number of morpholine rings is 1. The number of amides is 2. The Kier molecular flexibility index (Phi) is 6.24. The smallest absolute Gasteiger partial charge is 0.245 e. The molecular weight excluding hydrogens is 246 g/mol. The van der Waals surface area contributed by atoms with Crippen molar-refractivity contribution in [3.63, 3.8) is 0 Å². The maximum Gasteiger partial charge on any atom is 0.245 e. The van der Waals surface area contributed by atoms with Crippen molar-refractivity contribution in [1.29, 1.82) is 0 Å². The van der Waals surface area contributed by atoms with Crippen LogP contribution in [0.5, 0.6) is 0 Å². The van der Waals surface area contributed by atoms with Gasteiger partial charge in [-0.1, -0.05) is 0 Å². The number of nitrogens with one attached hydrogen (secondary N) is 1. The normalized spacial score (nSPS) is 21.3. The van der Waals surface area contributed by atoms with Gasteiger partial charge in [-0.2, -0.15) is 0 Å². The van der Waals surface area contributed by atoms with Crippen molar-refractivity contribution in [2.45, 2.75) is 51.7 Å². The van der Waals surface area contributed by atoms with Gasteiger partial charge in [-0.25, -0.2) is 0 Å². The summed E-state index contributed by atoms with van der Waals surface area (Å²) < 4.78 is 5.31. The van der Waals surface area contributed by atoms with Gasteiger partial charge in [0.25, 0.3) is 0 Å². The number of rotatable bonds is 5. The fraction of sp³-hybridized carbons (Fsp3) is 0.846. The fourth-order valence-electron chi connectivity index (χ4n) is 1.99. The molecule has 110 valence electrons. The second-order valence-electron chi connectivity index (χ2n) is 5.36. The van der Waals surface area contributed by atoms with Gasteiger partial charge in [0.15, 0.2) is 0 Å². The zero-order chi connectivity index (χ0) is 14.4. The monoisotopic (exact) mass is 271 g/mol. The minimum absolute atomic E-state index is 0.00655. The molecule has 6 nitrogen and oxygen atoms in total. The van der Waals surface area contributed by atoms with E-state index in [0.29, 0.717) is 26.0 Å². The summed E-state index contributed by atoms with van der Waals surface area (Å²) in [5.41, 5.74) is 5.66. The van der Waals surface area contributed by atoms with Crippen LogP contribution in [0.15, 0.2) is 0 Å². The summed E-state index contributed by atoms with van der Waals surface area (Å²) >= 11 is 0. The largest absolute Gasteiger partial charge is 0.377 e. The van der Waals surface area contributed by atoms with Crippen LogP contribution in [0, 0.1) is 0 Å². The topological polar surface area (TPSA) is 84.7 Å². The predicted molar refractivity (Wildman–Crippen MR) is 72.5 cm³/mol. The molecule has 0 aliphatic carbocycles. The molecule has 0 saturated carbocycles. The molecule has 1 fully saturated rings. The van der Waals surface area contributed by atoms with Gasteiger partial charge >= 0.3 is 0 Å². The zero-order valence-corrected chi connectivity index (χ0v) is 12.0. The predicted octanol–water partition coefficient (Wildman–Crippen LogP) is -0.134. The van der Waals surface area contributed by atoms with Crippen LogP contribution >= 0.6 is 0 Å². The van der Waals surface area contributed by atoms with E-state index in [1.54, 1.807) is 4.90 Å². The molecule has 0 aromatic rings. The molecule has 1 rings (SSSR count). The van der Waals surface area contributed by atoms with Crippen molar-refractivity contribution in [3.05, 3.63) is 0 Å². The van der Waals surface area contributed by atoms with Gasteiger partial charge in [0.05, 0.1) is 13.2 Å². The Bertz CT molecular complexity index is 318. The molecule has 1 aliphatic rings. The van der Waals surface area contributed by atoms with E-state index in [9.17, 15) is 9.59 Å². The van der Waals surface area contributed by atoms with Crippen LogP contribution < -0.4 is 11.1 Å². The lowest BCUT2D eigenvalue weighted by Gasteiger charge is -2.35. The summed E-state index contributed by atoms with van der Waals surface area (Å²) in [4.78, 5) is 25.8. The number of hydrogen-bond acceptors (Lipinski definition) is 4. The van der Waals surface area contributed by atoms with Gasteiger partial charge in [-0.05, 0) is 27.2 Å². The molecule has 2 amide bonds. The second kappa shape index (κ2) is 7.45. The highest BCUT2D eigenvalue weighted by Crippen LogP contribution is 2.11. The van der Waals surface area contributed by atoms with Crippen LogP contribution in [0.4, 0.5) is 0 Å². The molecule has 1 aliphatic heterocycles. The van der Waals surface area contributed by atoms with Crippen LogP contribution in [0.25, 0.3) is 0 Å². The maximum absolute atomic E-state index is 12.1. The number of carbonyl (C=O) groups is 2. The maximum atomic E-state index is 12.1. The van der Waals surface area contributed by atoms with Crippen molar-refractivity contribution in [3.8, 4) is 0 Å². The van der Waals surface area contributed by atoms with Gasteiger partial charge < -0.3 is 20.7 Å². The molecule has 0 aromatic carbocycles. The second-order valence-corrected chi connectivity index (χ2v) is 5.36. The first-order valence-electron chi connectivity index (χ1n) is 6.85. The first kappa shape index (κ1) is 15.9.